The second kappa shape index (κ2) is 6.14. The largest absolute Gasteiger partial charge is 0.497 e. The van der Waals surface area contributed by atoms with Crippen molar-refractivity contribution < 1.29 is 14.2 Å². The Morgan fingerprint density at radius 2 is 1.86 bits per heavy atom. The predicted octanol–water partition coefficient (Wildman–Crippen LogP) is 4.50. The van der Waals surface area contributed by atoms with Crippen LogP contribution in [0.1, 0.15) is 30.1 Å². The average molecular weight is 296 g/mol. The van der Waals surface area contributed by atoms with Gasteiger partial charge in [0, 0.05) is 11.5 Å². The molecule has 0 radical (unpaired) electrons. The molecule has 0 N–H and O–H groups in total. The normalized spacial score (nSPS) is 19.2. The summed E-state index contributed by atoms with van der Waals surface area (Å²) < 4.78 is 16.9. The van der Waals surface area contributed by atoms with Crippen LogP contribution in [0.2, 0.25) is 0 Å². The van der Waals surface area contributed by atoms with Crippen LogP contribution in [0.3, 0.4) is 0 Å². The Bertz CT molecular complexity index is 661. The monoisotopic (exact) mass is 296 g/mol. The molecule has 0 amide bonds. The molecule has 0 aromatic heterocycles. The van der Waals surface area contributed by atoms with E-state index in [2.05, 4.69) is 31.7 Å². The zero-order chi connectivity index (χ0) is 15.5. The Labute approximate surface area is 131 Å². The molecule has 0 saturated carbocycles. The first-order valence-electron chi connectivity index (χ1n) is 7.41. The zero-order valence-electron chi connectivity index (χ0n) is 12.9. The SMILES string of the molecule is C=CCOc1ccc2c(c1)[C@H](C)[C@@H](c1ccc(OC)cc1)O2. The van der Waals surface area contributed by atoms with Gasteiger partial charge in [0.1, 0.15) is 30.0 Å². The Balaban J connectivity index is 1.83. The molecule has 0 spiro atoms. The molecule has 3 heteroatoms. The van der Waals surface area contributed by atoms with Crippen LogP contribution in [0.15, 0.2) is 55.1 Å². The van der Waals surface area contributed by atoms with Crippen molar-refractivity contribution >= 4 is 0 Å². The molecule has 0 fully saturated rings. The average Bonchev–Trinajstić information content (AvgIpc) is 2.89. The molecule has 0 unspecified atom stereocenters. The lowest BCUT2D eigenvalue weighted by Gasteiger charge is -2.16. The van der Waals surface area contributed by atoms with E-state index in [9.17, 15) is 0 Å². The molecular weight excluding hydrogens is 276 g/mol. The molecule has 2 aromatic carbocycles. The topological polar surface area (TPSA) is 27.7 Å². The highest BCUT2D eigenvalue weighted by Crippen LogP contribution is 2.47. The minimum atomic E-state index is 0.0237. The van der Waals surface area contributed by atoms with Gasteiger partial charge >= 0.3 is 0 Å². The highest BCUT2D eigenvalue weighted by atomic mass is 16.5. The molecule has 0 saturated heterocycles. The van der Waals surface area contributed by atoms with E-state index in [0.717, 1.165) is 22.8 Å². The maximum Gasteiger partial charge on any atom is 0.130 e. The summed E-state index contributed by atoms with van der Waals surface area (Å²) in [6.45, 7) is 6.36. The van der Waals surface area contributed by atoms with Gasteiger partial charge < -0.3 is 14.2 Å². The minimum absolute atomic E-state index is 0.0237. The second-order valence-electron chi connectivity index (χ2n) is 5.40. The summed E-state index contributed by atoms with van der Waals surface area (Å²) in [7, 11) is 1.67. The van der Waals surface area contributed by atoms with Gasteiger partial charge in [0.05, 0.1) is 7.11 Å². The molecule has 1 aliphatic heterocycles. The number of hydrogen-bond donors (Lipinski definition) is 0. The van der Waals surface area contributed by atoms with Gasteiger partial charge in [-0.1, -0.05) is 31.7 Å². The highest BCUT2D eigenvalue weighted by Gasteiger charge is 2.32. The van der Waals surface area contributed by atoms with Crippen molar-refractivity contribution in [2.24, 2.45) is 0 Å². The van der Waals surface area contributed by atoms with Gasteiger partial charge in [-0.25, -0.2) is 0 Å². The Morgan fingerprint density at radius 1 is 1.14 bits per heavy atom. The van der Waals surface area contributed by atoms with Crippen LogP contribution in [-0.4, -0.2) is 13.7 Å². The Morgan fingerprint density at radius 3 is 2.55 bits per heavy atom. The van der Waals surface area contributed by atoms with Crippen LogP contribution >= 0.6 is 0 Å². The lowest BCUT2D eigenvalue weighted by molar-refractivity contribution is 0.216. The standard InChI is InChI=1S/C19H20O3/c1-4-11-21-16-9-10-18-17(12-16)13(2)19(22-18)14-5-7-15(20-3)8-6-14/h4-10,12-13,19H,1,11H2,2-3H3/t13-,19-/m0/s1. The summed E-state index contributed by atoms with van der Waals surface area (Å²) in [4.78, 5) is 0. The third-order valence-electron chi connectivity index (χ3n) is 3.99. The van der Waals surface area contributed by atoms with Crippen LogP contribution in [0.5, 0.6) is 17.2 Å². The van der Waals surface area contributed by atoms with Crippen molar-refractivity contribution in [2.45, 2.75) is 18.9 Å². The molecule has 1 heterocycles. The fourth-order valence-electron chi connectivity index (χ4n) is 2.79. The molecule has 0 bridgehead atoms. The summed E-state index contributed by atoms with van der Waals surface area (Å²) in [5.74, 6) is 2.91. The van der Waals surface area contributed by atoms with E-state index in [1.807, 2.05) is 24.3 Å². The quantitative estimate of drug-likeness (QED) is 0.760. The zero-order valence-corrected chi connectivity index (χ0v) is 12.9. The fraction of sp³-hybridized carbons (Fsp3) is 0.263. The second-order valence-corrected chi connectivity index (χ2v) is 5.40. The van der Waals surface area contributed by atoms with E-state index in [-0.39, 0.29) is 12.0 Å². The van der Waals surface area contributed by atoms with E-state index in [4.69, 9.17) is 14.2 Å². The van der Waals surface area contributed by atoms with Crippen molar-refractivity contribution in [3.8, 4) is 17.2 Å². The first kappa shape index (κ1) is 14.5. The van der Waals surface area contributed by atoms with Crippen LogP contribution in [0, 0.1) is 0 Å². The molecule has 3 rings (SSSR count). The highest BCUT2D eigenvalue weighted by molar-refractivity contribution is 5.47. The van der Waals surface area contributed by atoms with Gasteiger partial charge in [0.15, 0.2) is 0 Å². The summed E-state index contributed by atoms with van der Waals surface area (Å²) in [6, 6.07) is 14.0. The van der Waals surface area contributed by atoms with Gasteiger partial charge in [-0.15, -0.1) is 0 Å². The van der Waals surface area contributed by atoms with E-state index >= 15 is 0 Å². The van der Waals surface area contributed by atoms with E-state index in [1.165, 1.54) is 5.56 Å². The molecule has 3 nitrogen and oxygen atoms in total. The number of fused-ring (bicyclic) bond motifs is 1. The first-order chi connectivity index (χ1) is 10.7. The number of ether oxygens (including phenoxy) is 3. The van der Waals surface area contributed by atoms with E-state index in [1.54, 1.807) is 13.2 Å². The van der Waals surface area contributed by atoms with Crippen LogP contribution in [0.4, 0.5) is 0 Å². The van der Waals surface area contributed by atoms with Gasteiger partial charge in [0.25, 0.3) is 0 Å². The number of methoxy groups -OCH3 is 1. The minimum Gasteiger partial charge on any atom is -0.497 e. The molecular formula is C19H20O3. The Kier molecular flexibility index (Phi) is 4.05. The fourth-order valence-corrected chi connectivity index (χ4v) is 2.79. The van der Waals surface area contributed by atoms with E-state index < -0.39 is 0 Å². The lowest BCUT2D eigenvalue weighted by Crippen LogP contribution is -2.07. The summed E-state index contributed by atoms with van der Waals surface area (Å²) in [5, 5.41) is 0. The van der Waals surface area contributed by atoms with Crippen LogP contribution in [0.25, 0.3) is 0 Å². The number of benzene rings is 2. The van der Waals surface area contributed by atoms with Gasteiger partial charge in [-0.2, -0.15) is 0 Å². The van der Waals surface area contributed by atoms with Crippen molar-refractivity contribution in [2.75, 3.05) is 13.7 Å². The maximum absolute atomic E-state index is 6.12. The van der Waals surface area contributed by atoms with Crippen molar-refractivity contribution in [3.05, 3.63) is 66.2 Å². The van der Waals surface area contributed by atoms with Gasteiger partial charge in [0.2, 0.25) is 0 Å². The summed E-state index contributed by atoms with van der Waals surface area (Å²) in [5.41, 5.74) is 2.33. The van der Waals surface area contributed by atoms with Crippen LogP contribution < -0.4 is 14.2 Å². The first-order valence-corrected chi connectivity index (χ1v) is 7.41. The van der Waals surface area contributed by atoms with Crippen molar-refractivity contribution in [3.63, 3.8) is 0 Å². The van der Waals surface area contributed by atoms with Crippen molar-refractivity contribution in [1.29, 1.82) is 0 Å². The number of hydrogen-bond acceptors (Lipinski definition) is 3. The smallest absolute Gasteiger partial charge is 0.130 e. The Hall–Kier alpha value is -2.42. The summed E-state index contributed by atoms with van der Waals surface area (Å²) >= 11 is 0. The third kappa shape index (κ3) is 2.67. The molecule has 114 valence electrons. The van der Waals surface area contributed by atoms with Crippen molar-refractivity contribution in [1.82, 2.24) is 0 Å². The molecule has 1 aliphatic rings. The predicted molar refractivity (Wildman–Crippen MR) is 86.9 cm³/mol. The molecule has 2 atom stereocenters. The van der Waals surface area contributed by atoms with Gasteiger partial charge in [-0.3, -0.25) is 0 Å². The molecule has 22 heavy (non-hydrogen) atoms. The summed E-state index contributed by atoms with van der Waals surface area (Å²) in [6.07, 6.45) is 1.77. The molecule has 2 aromatic rings. The third-order valence-corrected chi connectivity index (χ3v) is 3.99. The maximum atomic E-state index is 6.12. The van der Waals surface area contributed by atoms with E-state index in [0.29, 0.717) is 6.61 Å². The number of rotatable bonds is 5. The van der Waals surface area contributed by atoms with Crippen LogP contribution in [-0.2, 0) is 0 Å². The molecule has 0 aliphatic carbocycles. The lowest BCUT2D eigenvalue weighted by atomic mass is 9.93. The van der Waals surface area contributed by atoms with Gasteiger partial charge in [-0.05, 0) is 35.9 Å².